The molecule has 6 heteroatoms. The van der Waals surface area contributed by atoms with Gasteiger partial charge in [0.1, 0.15) is 0 Å². The first-order chi connectivity index (χ1) is 10.7. The van der Waals surface area contributed by atoms with Gasteiger partial charge < -0.3 is 5.32 Å². The highest BCUT2D eigenvalue weighted by Gasteiger charge is 2.12. The van der Waals surface area contributed by atoms with Crippen LogP contribution in [0.4, 0.5) is 5.69 Å². The van der Waals surface area contributed by atoms with Crippen LogP contribution in [0.3, 0.4) is 0 Å². The van der Waals surface area contributed by atoms with Gasteiger partial charge in [-0.3, -0.25) is 14.6 Å². The van der Waals surface area contributed by atoms with Crippen molar-refractivity contribution in [1.29, 1.82) is 0 Å². The molecular weight excluding hydrogens is 280 g/mol. The molecular formula is C16H16N4O2. The fourth-order valence-corrected chi connectivity index (χ4v) is 1.68. The van der Waals surface area contributed by atoms with E-state index in [0.29, 0.717) is 5.69 Å². The Morgan fingerprint density at radius 2 is 1.77 bits per heavy atom. The Kier molecular flexibility index (Phi) is 5.37. The lowest BCUT2D eigenvalue weighted by Gasteiger charge is -2.04. The van der Waals surface area contributed by atoms with Gasteiger partial charge >= 0.3 is 11.8 Å². The molecule has 0 unspecified atom stereocenters. The van der Waals surface area contributed by atoms with Crippen LogP contribution < -0.4 is 10.7 Å². The third-order valence-electron chi connectivity index (χ3n) is 2.91. The summed E-state index contributed by atoms with van der Waals surface area (Å²) in [6.07, 6.45) is 5.56. The Bertz CT molecular complexity index is 666. The van der Waals surface area contributed by atoms with Crippen LogP contribution in [0.15, 0.2) is 53.9 Å². The summed E-state index contributed by atoms with van der Waals surface area (Å²) in [6, 6.07) is 10.8. The minimum Gasteiger partial charge on any atom is -0.318 e. The number of rotatable bonds is 4. The van der Waals surface area contributed by atoms with Crippen LogP contribution in [0, 0.1) is 0 Å². The molecule has 0 fully saturated rings. The Balaban J connectivity index is 1.86. The maximum atomic E-state index is 11.7. The molecule has 0 saturated heterocycles. The van der Waals surface area contributed by atoms with Gasteiger partial charge in [-0.1, -0.05) is 19.1 Å². The predicted octanol–water partition coefficient (Wildman–Crippen LogP) is 1.73. The average molecular weight is 296 g/mol. The first-order valence-electron chi connectivity index (χ1n) is 6.82. The number of hydrazone groups is 1. The maximum Gasteiger partial charge on any atom is 0.329 e. The number of nitrogens with zero attached hydrogens (tertiary/aromatic N) is 2. The molecule has 0 aliphatic carbocycles. The van der Waals surface area contributed by atoms with Crippen molar-refractivity contribution in [2.45, 2.75) is 13.3 Å². The van der Waals surface area contributed by atoms with E-state index >= 15 is 0 Å². The summed E-state index contributed by atoms with van der Waals surface area (Å²) in [6.45, 7) is 2.04. The summed E-state index contributed by atoms with van der Waals surface area (Å²) < 4.78 is 0. The molecule has 1 aromatic heterocycles. The number of aryl methyl sites for hydroxylation is 1. The summed E-state index contributed by atoms with van der Waals surface area (Å²) in [5.74, 6) is -1.60. The van der Waals surface area contributed by atoms with Crippen LogP contribution in [0.5, 0.6) is 0 Å². The van der Waals surface area contributed by atoms with E-state index in [1.165, 1.54) is 6.21 Å². The molecule has 1 aromatic carbocycles. The molecule has 2 rings (SSSR count). The molecule has 0 radical (unpaired) electrons. The van der Waals surface area contributed by atoms with E-state index in [1.54, 1.807) is 36.7 Å². The first kappa shape index (κ1) is 15.4. The van der Waals surface area contributed by atoms with Gasteiger partial charge in [-0.05, 0) is 41.8 Å². The molecule has 0 saturated carbocycles. The molecule has 0 aliphatic rings. The fraction of sp³-hybridized carbons (Fsp3) is 0.125. The van der Waals surface area contributed by atoms with Crippen LogP contribution in [0.25, 0.3) is 0 Å². The number of carbonyl (C=O) groups is 2. The lowest BCUT2D eigenvalue weighted by atomic mass is 10.1. The van der Waals surface area contributed by atoms with Gasteiger partial charge in [0.05, 0.1) is 6.21 Å². The molecule has 0 spiro atoms. The molecule has 2 amide bonds. The smallest absolute Gasteiger partial charge is 0.318 e. The fourth-order valence-electron chi connectivity index (χ4n) is 1.68. The highest BCUT2D eigenvalue weighted by Crippen LogP contribution is 2.09. The molecule has 2 N–H and O–H groups in total. The number of nitrogens with one attached hydrogen (secondary N) is 2. The zero-order valence-corrected chi connectivity index (χ0v) is 12.1. The van der Waals surface area contributed by atoms with E-state index in [9.17, 15) is 9.59 Å². The number of carbonyl (C=O) groups excluding carboxylic acids is 2. The first-order valence-corrected chi connectivity index (χ1v) is 6.82. The quantitative estimate of drug-likeness (QED) is 0.512. The van der Waals surface area contributed by atoms with Crippen molar-refractivity contribution in [1.82, 2.24) is 10.4 Å². The second-order valence-electron chi connectivity index (χ2n) is 4.48. The number of pyridine rings is 1. The van der Waals surface area contributed by atoms with E-state index in [2.05, 4.69) is 20.8 Å². The highest BCUT2D eigenvalue weighted by atomic mass is 16.2. The summed E-state index contributed by atoms with van der Waals surface area (Å²) in [5, 5.41) is 6.23. The highest BCUT2D eigenvalue weighted by molar-refractivity contribution is 6.39. The Labute approximate surface area is 128 Å². The van der Waals surface area contributed by atoms with Crippen molar-refractivity contribution in [3.8, 4) is 0 Å². The van der Waals surface area contributed by atoms with E-state index in [4.69, 9.17) is 0 Å². The van der Waals surface area contributed by atoms with E-state index in [1.807, 2.05) is 19.1 Å². The number of hydrogen-bond donors (Lipinski definition) is 2. The van der Waals surface area contributed by atoms with E-state index in [-0.39, 0.29) is 0 Å². The van der Waals surface area contributed by atoms with Crippen LogP contribution in [-0.2, 0) is 16.0 Å². The summed E-state index contributed by atoms with van der Waals surface area (Å²) in [4.78, 5) is 27.2. The van der Waals surface area contributed by atoms with Crippen molar-refractivity contribution in [3.63, 3.8) is 0 Å². The zero-order valence-electron chi connectivity index (χ0n) is 12.1. The standard InChI is InChI=1S/C16H16N4O2/c1-2-12-3-5-14(6-4-12)19-15(21)16(22)20-18-11-13-7-9-17-10-8-13/h3-11H,2H2,1H3,(H,19,21)(H,20,22). The van der Waals surface area contributed by atoms with Crippen LogP contribution in [0.2, 0.25) is 0 Å². The van der Waals surface area contributed by atoms with Gasteiger partial charge in [0.25, 0.3) is 0 Å². The summed E-state index contributed by atoms with van der Waals surface area (Å²) >= 11 is 0. The van der Waals surface area contributed by atoms with Gasteiger partial charge in [0.2, 0.25) is 0 Å². The molecule has 0 atom stereocenters. The molecule has 0 bridgehead atoms. The van der Waals surface area contributed by atoms with Crippen molar-refractivity contribution < 1.29 is 9.59 Å². The SMILES string of the molecule is CCc1ccc(NC(=O)C(=O)NN=Cc2ccncc2)cc1. The molecule has 1 heterocycles. The lowest BCUT2D eigenvalue weighted by molar-refractivity contribution is -0.136. The van der Waals surface area contributed by atoms with Crippen molar-refractivity contribution in [2.75, 3.05) is 5.32 Å². The van der Waals surface area contributed by atoms with Gasteiger partial charge in [-0.15, -0.1) is 0 Å². The summed E-state index contributed by atoms with van der Waals surface area (Å²) in [7, 11) is 0. The topological polar surface area (TPSA) is 83.5 Å². The molecule has 6 nitrogen and oxygen atoms in total. The molecule has 0 aliphatic heterocycles. The largest absolute Gasteiger partial charge is 0.329 e. The Morgan fingerprint density at radius 1 is 1.09 bits per heavy atom. The molecule has 2 aromatic rings. The van der Waals surface area contributed by atoms with Gasteiger partial charge in [-0.2, -0.15) is 5.10 Å². The number of anilines is 1. The van der Waals surface area contributed by atoms with Gasteiger partial charge in [-0.25, -0.2) is 5.43 Å². The van der Waals surface area contributed by atoms with E-state index < -0.39 is 11.8 Å². The minimum absolute atomic E-state index is 0.565. The number of aromatic nitrogens is 1. The third kappa shape index (κ3) is 4.52. The normalized spacial score (nSPS) is 10.4. The monoisotopic (exact) mass is 296 g/mol. The average Bonchev–Trinajstić information content (AvgIpc) is 2.56. The Hall–Kier alpha value is -3.02. The maximum absolute atomic E-state index is 11.7. The molecule has 112 valence electrons. The lowest BCUT2D eigenvalue weighted by Crippen LogP contribution is -2.32. The summed E-state index contributed by atoms with van der Waals surface area (Å²) in [5.41, 5.74) is 4.66. The molecule has 22 heavy (non-hydrogen) atoms. The number of benzene rings is 1. The van der Waals surface area contributed by atoms with Crippen molar-refractivity contribution >= 4 is 23.7 Å². The number of hydrogen-bond acceptors (Lipinski definition) is 4. The number of amides is 2. The zero-order chi connectivity index (χ0) is 15.8. The second-order valence-corrected chi connectivity index (χ2v) is 4.48. The van der Waals surface area contributed by atoms with Crippen molar-refractivity contribution in [2.24, 2.45) is 5.10 Å². The third-order valence-corrected chi connectivity index (χ3v) is 2.91. The Morgan fingerprint density at radius 3 is 2.41 bits per heavy atom. The van der Waals surface area contributed by atoms with E-state index in [0.717, 1.165) is 17.5 Å². The van der Waals surface area contributed by atoms with Crippen LogP contribution in [0.1, 0.15) is 18.1 Å². The van der Waals surface area contributed by atoms with Crippen LogP contribution >= 0.6 is 0 Å². The van der Waals surface area contributed by atoms with Gasteiger partial charge in [0, 0.05) is 18.1 Å². The van der Waals surface area contributed by atoms with Gasteiger partial charge in [0.15, 0.2) is 0 Å². The minimum atomic E-state index is -0.829. The van der Waals surface area contributed by atoms with Crippen LogP contribution in [-0.4, -0.2) is 23.0 Å². The van der Waals surface area contributed by atoms with Crippen molar-refractivity contribution in [3.05, 3.63) is 59.9 Å². The predicted molar refractivity (Wildman–Crippen MR) is 84.4 cm³/mol. The second kappa shape index (κ2) is 7.68.